The van der Waals surface area contributed by atoms with Crippen molar-refractivity contribution in [3.63, 3.8) is 0 Å². The van der Waals surface area contributed by atoms with Crippen LogP contribution >= 0.6 is 11.6 Å². The largest absolute Gasteiger partial charge is 0.379 e. The van der Waals surface area contributed by atoms with Crippen molar-refractivity contribution in [3.8, 4) is 0 Å². The maximum atomic E-state index is 12.6. The van der Waals surface area contributed by atoms with Gasteiger partial charge in [0.2, 0.25) is 0 Å². The maximum absolute atomic E-state index is 12.6. The summed E-state index contributed by atoms with van der Waals surface area (Å²) in [6.07, 6.45) is 0.0877. The number of rotatable bonds is 4. The van der Waals surface area contributed by atoms with Gasteiger partial charge in [0.25, 0.3) is 0 Å². The molecule has 1 atom stereocenters. The Kier molecular flexibility index (Phi) is 3.44. The van der Waals surface area contributed by atoms with E-state index in [0.717, 1.165) is 6.42 Å². The van der Waals surface area contributed by atoms with Crippen molar-refractivity contribution in [2.24, 2.45) is 0 Å². The molecule has 1 unspecified atom stereocenters. The summed E-state index contributed by atoms with van der Waals surface area (Å²) in [6.45, 7) is 2.36. The highest BCUT2D eigenvalue weighted by Crippen LogP contribution is 2.34. The van der Waals surface area contributed by atoms with E-state index < -0.39 is 11.5 Å². The minimum atomic E-state index is -3.66. The van der Waals surface area contributed by atoms with Crippen molar-refractivity contribution in [1.82, 2.24) is 9.78 Å². The average molecular weight is 225 g/mol. The summed E-state index contributed by atoms with van der Waals surface area (Å²) >= 11 is 4.72. The van der Waals surface area contributed by atoms with Gasteiger partial charge in [0, 0.05) is 12.7 Å². The molecule has 80 valence electrons. The summed E-state index contributed by atoms with van der Waals surface area (Å²) in [5.74, 6) is 0. The molecule has 0 radical (unpaired) electrons. The van der Waals surface area contributed by atoms with Gasteiger partial charge < -0.3 is 5.11 Å². The topological polar surface area (TPSA) is 38.0 Å². The van der Waals surface area contributed by atoms with Gasteiger partial charge in [-0.3, -0.25) is 4.68 Å². The SMILES string of the molecule is CCCn1nccc1C(O)C(F)(F)Cl. The zero-order valence-electron chi connectivity index (χ0n) is 7.62. The molecule has 0 aliphatic rings. The standard InChI is InChI=1S/C8H11ClF2N2O/c1-2-5-13-6(3-4-12-13)7(14)8(9,10)11/h3-4,7,14H,2,5H2,1H3. The molecule has 1 heterocycles. The van der Waals surface area contributed by atoms with Crippen LogP contribution in [0.3, 0.4) is 0 Å². The number of aryl methyl sites for hydroxylation is 1. The Balaban J connectivity index is 2.89. The van der Waals surface area contributed by atoms with Crippen LogP contribution < -0.4 is 0 Å². The smallest absolute Gasteiger partial charge is 0.352 e. The monoisotopic (exact) mass is 224 g/mol. The van der Waals surface area contributed by atoms with Crippen molar-refractivity contribution < 1.29 is 13.9 Å². The lowest BCUT2D eigenvalue weighted by Crippen LogP contribution is -2.22. The lowest BCUT2D eigenvalue weighted by molar-refractivity contribution is -0.0468. The van der Waals surface area contributed by atoms with E-state index in [1.165, 1.54) is 16.9 Å². The predicted molar refractivity (Wildman–Crippen MR) is 48.3 cm³/mol. The molecule has 1 aromatic rings. The number of aromatic nitrogens is 2. The Labute approximate surface area is 85.3 Å². The van der Waals surface area contributed by atoms with Crippen LogP contribution in [-0.2, 0) is 6.54 Å². The molecule has 0 amide bonds. The highest BCUT2D eigenvalue weighted by molar-refractivity contribution is 6.22. The normalized spacial score (nSPS) is 14.4. The van der Waals surface area contributed by atoms with E-state index in [1.807, 2.05) is 6.92 Å². The van der Waals surface area contributed by atoms with E-state index in [2.05, 4.69) is 5.10 Å². The molecule has 1 N–H and O–H groups in total. The fourth-order valence-electron chi connectivity index (χ4n) is 1.14. The molecule has 1 rings (SSSR count). The molecule has 14 heavy (non-hydrogen) atoms. The molecular weight excluding hydrogens is 214 g/mol. The average Bonchev–Trinajstić information content (AvgIpc) is 2.50. The number of hydrogen-bond donors (Lipinski definition) is 1. The fourth-order valence-corrected chi connectivity index (χ4v) is 1.25. The van der Waals surface area contributed by atoms with Gasteiger partial charge in [-0.05, 0) is 24.1 Å². The second-order valence-electron chi connectivity index (χ2n) is 2.92. The van der Waals surface area contributed by atoms with E-state index in [1.54, 1.807) is 0 Å². The summed E-state index contributed by atoms with van der Waals surface area (Å²) in [6, 6.07) is 1.33. The minimum Gasteiger partial charge on any atom is -0.379 e. The maximum Gasteiger partial charge on any atom is 0.352 e. The lowest BCUT2D eigenvalue weighted by atomic mass is 10.2. The van der Waals surface area contributed by atoms with Gasteiger partial charge in [-0.15, -0.1) is 0 Å². The van der Waals surface area contributed by atoms with Gasteiger partial charge in [0.15, 0.2) is 6.10 Å². The molecule has 0 spiro atoms. The second kappa shape index (κ2) is 4.23. The van der Waals surface area contributed by atoms with Crippen LogP contribution in [0.5, 0.6) is 0 Å². The van der Waals surface area contributed by atoms with Crippen LogP contribution in [0.2, 0.25) is 0 Å². The highest BCUT2D eigenvalue weighted by atomic mass is 35.5. The van der Waals surface area contributed by atoms with E-state index >= 15 is 0 Å². The van der Waals surface area contributed by atoms with Gasteiger partial charge in [0.05, 0.1) is 5.69 Å². The van der Waals surface area contributed by atoms with Crippen LogP contribution in [0.4, 0.5) is 8.78 Å². The molecule has 0 aliphatic carbocycles. The molecule has 0 saturated heterocycles. The van der Waals surface area contributed by atoms with Crippen molar-refractivity contribution in [3.05, 3.63) is 18.0 Å². The predicted octanol–water partition coefficient (Wildman–Crippen LogP) is 2.16. The molecule has 0 bridgehead atoms. The lowest BCUT2D eigenvalue weighted by Gasteiger charge is -2.17. The van der Waals surface area contributed by atoms with Crippen molar-refractivity contribution >= 4 is 11.6 Å². The van der Waals surface area contributed by atoms with E-state index in [0.29, 0.717) is 6.54 Å². The molecular formula is C8H11ClF2N2O. The van der Waals surface area contributed by atoms with Gasteiger partial charge in [-0.1, -0.05) is 6.92 Å². The van der Waals surface area contributed by atoms with E-state index in [-0.39, 0.29) is 5.69 Å². The van der Waals surface area contributed by atoms with Crippen molar-refractivity contribution in [1.29, 1.82) is 0 Å². The van der Waals surface area contributed by atoms with Crippen LogP contribution in [0, 0.1) is 0 Å². The number of aliphatic hydroxyl groups excluding tert-OH is 1. The highest BCUT2D eigenvalue weighted by Gasteiger charge is 2.38. The third kappa shape index (κ3) is 2.42. The van der Waals surface area contributed by atoms with Crippen LogP contribution in [0.1, 0.15) is 25.1 Å². The zero-order valence-corrected chi connectivity index (χ0v) is 8.38. The Morgan fingerprint density at radius 3 is 2.86 bits per heavy atom. The van der Waals surface area contributed by atoms with Gasteiger partial charge >= 0.3 is 5.38 Å². The first-order valence-corrected chi connectivity index (χ1v) is 4.61. The van der Waals surface area contributed by atoms with Gasteiger partial charge in [-0.25, -0.2) is 0 Å². The third-order valence-electron chi connectivity index (χ3n) is 1.78. The summed E-state index contributed by atoms with van der Waals surface area (Å²) in [4.78, 5) is 0. The summed E-state index contributed by atoms with van der Waals surface area (Å²) in [7, 11) is 0. The number of halogens is 3. The molecule has 1 aromatic heterocycles. The van der Waals surface area contributed by atoms with E-state index in [9.17, 15) is 13.9 Å². The van der Waals surface area contributed by atoms with Gasteiger partial charge in [0.1, 0.15) is 0 Å². The molecule has 0 fully saturated rings. The molecule has 0 aliphatic heterocycles. The quantitative estimate of drug-likeness (QED) is 0.796. The number of hydrogen-bond acceptors (Lipinski definition) is 2. The Hall–Kier alpha value is -0.680. The Morgan fingerprint density at radius 1 is 1.71 bits per heavy atom. The zero-order chi connectivity index (χ0) is 10.8. The number of nitrogens with zero attached hydrogens (tertiary/aromatic N) is 2. The second-order valence-corrected chi connectivity index (χ2v) is 3.43. The van der Waals surface area contributed by atoms with Gasteiger partial charge in [-0.2, -0.15) is 13.9 Å². The summed E-state index contributed by atoms with van der Waals surface area (Å²) in [5, 5.41) is 9.35. The van der Waals surface area contributed by atoms with Crippen LogP contribution in [-0.4, -0.2) is 20.3 Å². The molecule has 0 aromatic carbocycles. The first-order chi connectivity index (χ1) is 6.46. The fraction of sp³-hybridized carbons (Fsp3) is 0.625. The Morgan fingerprint density at radius 2 is 2.36 bits per heavy atom. The van der Waals surface area contributed by atoms with Crippen LogP contribution in [0.25, 0.3) is 0 Å². The molecule has 0 saturated carbocycles. The van der Waals surface area contributed by atoms with Crippen LogP contribution in [0.15, 0.2) is 12.3 Å². The number of alkyl halides is 3. The molecule has 6 heteroatoms. The summed E-state index contributed by atoms with van der Waals surface area (Å²) < 4.78 is 26.5. The number of aliphatic hydroxyl groups is 1. The summed E-state index contributed by atoms with van der Waals surface area (Å²) in [5.41, 5.74) is 0.0341. The van der Waals surface area contributed by atoms with Crippen molar-refractivity contribution in [2.45, 2.75) is 31.4 Å². The van der Waals surface area contributed by atoms with E-state index in [4.69, 9.17) is 11.6 Å². The first-order valence-electron chi connectivity index (χ1n) is 4.23. The van der Waals surface area contributed by atoms with Crippen molar-refractivity contribution in [2.75, 3.05) is 0 Å². The minimum absolute atomic E-state index is 0.0341. The molecule has 3 nitrogen and oxygen atoms in total. The Bertz CT molecular complexity index is 298. The first kappa shape index (κ1) is 11.4. The third-order valence-corrected chi connectivity index (χ3v) is 1.98.